The summed E-state index contributed by atoms with van der Waals surface area (Å²) in [6.07, 6.45) is 0.662. The van der Waals surface area contributed by atoms with Crippen LogP contribution in [0.15, 0.2) is 55.1 Å². The van der Waals surface area contributed by atoms with Crippen molar-refractivity contribution in [3.63, 3.8) is 0 Å². The molecule has 0 bridgehead atoms. The fraction of sp³-hybridized carbons (Fsp3) is 0.500. The molecule has 14 heteroatoms. The van der Waals surface area contributed by atoms with Crippen molar-refractivity contribution in [1.29, 1.82) is 0 Å². The van der Waals surface area contributed by atoms with E-state index in [2.05, 4.69) is 11.9 Å². The van der Waals surface area contributed by atoms with Gasteiger partial charge in [-0.3, -0.25) is 19.2 Å². The van der Waals surface area contributed by atoms with Crippen LogP contribution in [-0.2, 0) is 49.4 Å². The number of piperazine rings is 1. The van der Waals surface area contributed by atoms with Crippen LogP contribution in [-0.4, -0.2) is 104 Å². The van der Waals surface area contributed by atoms with Crippen LogP contribution in [0.2, 0.25) is 0 Å². The van der Waals surface area contributed by atoms with Gasteiger partial charge >= 0.3 is 17.9 Å². The zero-order valence-corrected chi connectivity index (χ0v) is 32.5. The van der Waals surface area contributed by atoms with Gasteiger partial charge in [-0.1, -0.05) is 24.8 Å². The molecule has 1 fully saturated rings. The van der Waals surface area contributed by atoms with E-state index in [-0.39, 0.29) is 32.5 Å². The van der Waals surface area contributed by atoms with Gasteiger partial charge in [-0.15, -0.1) is 0 Å². The number of Topliss-reactive ketones (excluding diaryl/α,β-unsaturated/α-hetero) is 1. The van der Waals surface area contributed by atoms with Crippen LogP contribution in [0, 0.1) is 5.41 Å². The number of carbonyl (C=O) groups is 6. The van der Waals surface area contributed by atoms with E-state index in [0.29, 0.717) is 42.1 Å². The van der Waals surface area contributed by atoms with E-state index < -0.39 is 58.7 Å². The molecular weight excluding hydrogens is 698 g/mol. The number of nitrogens with one attached hydrogen (secondary N) is 1. The molecule has 2 aromatic carbocycles. The first-order valence-electron chi connectivity index (χ1n) is 17.7. The molecule has 0 radical (unpaired) electrons. The summed E-state index contributed by atoms with van der Waals surface area (Å²) in [4.78, 5) is 80.9. The Bertz CT molecular complexity index is 1700. The number of amides is 2. The molecular formula is C40H53N3O11. The van der Waals surface area contributed by atoms with Gasteiger partial charge in [0, 0.05) is 37.8 Å². The van der Waals surface area contributed by atoms with Crippen LogP contribution in [0.5, 0.6) is 11.5 Å². The second kappa shape index (κ2) is 19.2. The van der Waals surface area contributed by atoms with Crippen LogP contribution in [0.3, 0.4) is 0 Å². The Labute approximate surface area is 317 Å². The Hall–Kier alpha value is -5.24. The van der Waals surface area contributed by atoms with Crippen molar-refractivity contribution < 1.29 is 52.5 Å². The summed E-state index contributed by atoms with van der Waals surface area (Å²) < 4.78 is 27.4. The lowest BCUT2D eigenvalue weighted by Crippen LogP contribution is -2.60. The van der Waals surface area contributed by atoms with E-state index in [1.165, 1.54) is 25.9 Å². The lowest BCUT2D eigenvalue weighted by molar-refractivity contribution is -0.166. The number of ether oxygens (including phenoxy) is 5. The summed E-state index contributed by atoms with van der Waals surface area (Å²) in [7, 11) is 4.87. The summed E-state index contributed by atoms with van der Waals surface area (Å²) in [6.45, 7) is 11.8. The predicted octanol–water partition coefficient (Wildman–Crippen LogP) is 4.45. The number of benzene rings is 2. The Morgan fingerprint density at radius 2 is 1.65 bits per heavy atom. The number of likely N-dealkylation sites (N-methyl/N-ethyl adjacent to an activating group) is 1. The van der Waals surface area contributed by atoms with Gasteiger partial charge < -0.3 is 38.8 Å². The summed E-state index contributed by atoms with van der Waals surface area (Å²) in [5.74, 6) is -2.95. The zero-order valence-electron chi connectivity index (χ0n) is 32.5. The minimum Gasteiger partial charge on any atom is -0.493 e. The standard InChI is InChI=1S/C40H53N3O11/c1-10-34(45)52-25-40(5,6)36(47)37(48)43-21-20-42(7)24-29(43)38(49)53-30(16-14-26-15-17-31(50-8)32(22-26)51-9)27-12-11-13-28(23-27)41-33(44)18-19-35(46)54-39(2,3)4/h10-13,15,17,22-23,29-30H,1,14,16,18-21,24-25H2,2-9H3,(H,41,44)/t29-,30+/m0/s1. The minimum absolute atomic E-state index is 0.0878. The van der Waals surface area contributed by atoms with Gasteiger partial charge in [0.25, 0.3) is 5.91 Å². The topological polar surface area (TPSA) is 167 Å². The number of anilines is 1. The zero-order chi connectivity index (χ0) is 40.2. The molecule has 2 aromatic rings. The van der Waals surface area contributed by atoms with E-state index in [0.717, 1.165) is 11.6 Å². The van der Waals surface area contributed by atoms with E-state index >= 15 is 0 Å². The lowest BCUT2D eigenvalue weighted by Gasteiger charge is -2.39. The molecule has 2 amide bonds. The summed E-state index contributed by atoms with van der Waals surface area (Å²) >= 11 is 0. The molecule has 1 aliphatic rings. The average Bonchev–Trinajstić information content (AvgIpc) is 3.13. The maximum atomic E-state index is 14.1. The third-order valence-corrected chi connectivity index (χ3v) is 8.59. The molecule has 1 aliphatic heterocycles. The van der Waals surface area contributed by atoms with Gasteiger partial charge in [0.1, 0.15) is 24.4 Å². The van der Waals surface area contributed by atoms with Crippen LogP contribution < -0.4 is 14.8 Å². The second-order valence-corrected chi connectivity index (χ2v) is 14.7. The Balaban J connectivity index is 1.87. The summed E-state index contributed by atoms with van der Waals surface area (Å²) in [5, 5.41) is 2.80. The monoisotopic (exact) mass is 751 g/mol. The maximum absolute atomic E-state index is 14.1. The van der Waals surface area contributed by atoms with Crippen molar-refractivity contribution in [1.82, 2.24) is 9.80 Å². The van der Waals surface area contributed by atoms with Crippen LogP contribution >= 0.6 is 0 Å². The Morgan fingerprint density at radius 1 is 0.944 bits per heavy atom. The second-order valence-electron chi connectivity index (χ2n) is 14.7. The Kier molecular flexibility index (Phi) is 15.3. The van der Waals surface area contributed by atoms with Crippen molar-refractivity contribution in [3.8, 4) is 11.5 Å². The molecule has 0 aliphatic carbocycles. The first kappa shape index (κ1) is 43.2. The molecule has 2 atom stereocenters. The normalized spacial score (nSPS) is 15.3. The number of hydrogen-bond donors (Lipinski definition) is 1. The maximum Gasteiger partial charge on any atom is 0.330 e. The quantitative estimate of drug-likeness (QED) is 0.105. The SMILES string of the molecule is C=CC(=O)OCC(C)(C)C(=O)C(=O)N1CCN(C)C[C@H]1C(=O)O[C@H](CCc1ccc(OC)c(OC)c1)c1cccc(NC(=O)CCC(=O)OC(C)(C)C)c1. The molecule has 0 saturated carbocycles. The number of hydrogen-bond acceptors (Lipinski definition) is 12. The first-order valence-corrected chi connectivity index (χ1v) is 17.7. The first-order chi connectivity index (χ1) is 25.4. The highest BCUT2D eigenvalue weighted by molar-refractivity contribution is 6.38. The highest BCUT2D eigenvalue weighted by Crippen LogP contribution is 2.32. The predicted molar refractivity (Wildman–Crippen MR) is 200 cm³/mol. The fourth-order valence-electron chi connectivity index (χ4n) is 5.65. The van der Waals surface area contributed by atoms with Gasteiger partial charge in [0.05, 0.1) is 26.1 Å². The molecule has 294 valence electrons. The van der Waals surface area contributed by atoms with Gasteiger partial charge in [-0.05, 0) is 89.9 Å². The molecule has 1 saturated heterocycles. The number of methoxy groups -OCH3 is 2. The van der Waals surface area contributed by atoms with Crippen molar-refractivity contribution >= 4 is 41.2 Å². The number of aryl methyl sites for hydroxylation is 1. The van der Waals surface area contributed by atoms with E-state index in [1.54, 1.807) is 65.3 Å². The lowest BCUT2D eigenvalue weighted by atomic mass is 9.87. The average molecular weight is 752 g/mol. The number of ketones is 1. The third kappa shape index (κ3) is 12.7. The molecule has 3 rings (SSSR count). The van der Waals surface area contributed by atoms with Crippen LogP contribution in [0.25, 0.3) is 0 Å². The Morgan fingerprint density at radius 3 is 2.30 bits per heavy atom. The molecule has 1 heterocycles. The highest BCUT2D eigenvalue weighted by Gasteiger charge is 2.43. The molecule has 0 aromatic heterocycles. The molecule has 14 nitrogen and oxygen atoms in total. The van der Waals surface area contributed by atoms with Crippen molar-refractivity contribution in [2.24, 2.45) is 5.41 Å². The van der Waals surface area contributed by atoms with Gasteiger partial charge in [-0.25, -0.2) is 9.59 Å². The third-order valence-electron chi connectivity index (χ3n) is 8.59. The number of rotatable bonds is 17. The molecule has 54 heavy (non-hydrogen) atoms. The largest absolute Gasteiger partial charge is 0.493 e. The number of nitrogens with zero attached hydrogens (tertiary/aromatic N) is 2. The smallest absolute Gasteiger partial charge is 0.330 e. The molecule has 0 unspecified atom stereocenters. The highest BCUT2D eigenvalue weighted by atomic mass is 16.6. The number of esters is 3. The van der Waals surface area contributed by atoms with Crippen LogP contribution in [0.4, 0.5) is 5.69 Å². The number of carbonyl (C=O) groups excluding carboxylic acids is 6. The fourth-order valence-corrected chi connectivity index (χ4v) is 5.65. The van der Waals surface area contributed by atoms with Gasteiger partial charge in [0.2, 0.25) is 11.7 Å². The minimum atomic E-state index is -1.37. The van der Waals surface area contributed by atoms with Gasteiger partial charge in [-0.2, -0.15) is 0 Å². The molecule has 0 spiro atoms. The van der Waals surface area contributed by atoms with Crippen molar-refractivity contribution in [2.75, 3.05) is 52.8 Å². The van der Waals surface area contributed by atoms with E-state index in [1.807, 2.05) is 17.0 Å². The van der Waals surface area contributed by atoms with E-state index in [9.17, 15) is 28.8 Å². The van der Waals surface area contributed by atoms with Crippen molar-refractivity contribution in [2.45, 2.75) is 78.0 Å². The summed E-state index contributed by atoms with van der Waals surface area (Å²) in [5.41, 5.74) is -0.172. The summed E-state index contributed by atoms with van der Waals surface area (Å²) in [6, 6.07) is 11.2. The van der Waals surface area contributed by atoms with E-state index in [4.69, 9.17) is 23.7 Å². The van der Waals surface area contributed by atoms with Gasteiger partial charge in [0.15, 0.2) is 11.5 Å². The molecule has 1 N–H and O–H groups in total. The van der Waals surface area contributed by atoms with Crippen molar-refractivity contribution in [3.05, 3.63) is 66.2 Å². The van der Waals surface area contributed by atoms with Crippen LogP contribution in [0.1, 0.15) is 71.1 Å².